The van der Waals surface area contributed by atoms with Crippen LogP contribution in [0.25, 0.3) is 0 Å². The van der Waals surface area contributed by atoms with Crippen molar-refractivity contribution in [2.45, 2.75) is 89.5 Å². The molecular formula is C18H33NO2. The summed E-state index contributed by atoms with van der Waals surface area (Å²) >= 11 is 0. The fourth-order valence-electron chi connectivity index (χ4n) is 4.11. The minimum absolute atomic E-state index is 0.364. The topological polar surface area (TPSA) is 40.5 Å². The Morgan fingerprint density at radius 1 is 0.857 bits per heavy atom. The van der Waals surface area contributed by atoms with E-state index in [2.05, 4.69) is 4.90 Å². The van der Waals surface area contributed by atoms with Gasteiger partial charge in [0.2, 0.25) is 0 Å². The summed E-state index contributed by atoms with van der Waals surface area (Å²) in [4.78, 5) is 13.5. The molecule has 3 heteroatoms. The molecule has 21 heavy (non-hydrogen) atoms. The van der Waals surface area contributed by atoms with Gasteiger partial charge in [0.15, 0.2) is 0 Å². The molecule has 2 aliphatic rings. The van der Waals surface area contributed by atoms with Crippen molar-refractivity contribution in [2.24, 2.45) is 5.92 Å². The molecule has 1 N–H and O–H groups in total. The van der Waals surface area contributed by atoms with Gasteiger partial charge in [0.05, 0.1) is 0 Å². The van der Waals surface area contributed by atoms with Crippen LogP contribution in [0.4, 0.5) is 0 Å². The molecule has 1 saturated heterocycles. The highest BCUT2D eigenvalue weighted by Gasteiger charge is 2.28. The summed E-state index contributed by atoms with van der Waals surface area (Å²) in [5, 5.41) is 8.96. The zero-order valence-electron chi connectivity index (χ0n) is 13.6. The number of carbonyl (C=O) groups is 1. The van der Waals surface area contributed by atoms with Crippen LogP contribution in [-0.4, -0.2) is 35.1 Å². The van der Waals surface area contributed by atoms with Gasteiger partial charge >= 0.3 is 5.97 Å². The quantitative estimate of drug-likeness (QED) is 0.836. The van der Waals surface area contributed by atoms with E-state index in [1.807, 2.05) is 0 Å². The molecule has 0 aromatic rings. The summed E-state index contributed by atoms with van der Waals surface area (Å²) in [7, 11) is 0. The van der Waals surface area contributed by atoms with Gasteiger partial charge in [0.1, 0.15) is 0 Å². The van der Waals surface area contributed by atoms with Crippen LogP contribution in [0, 0.1) is 5.92 Å². The molecule has 3 nitrogen and oxygen atoms in total. The van der Waals surface area contributed by atoms with Crippen molar-refractivity contribution in [3.63, 3.8) is 0 Å². The average molecular weight is 295 g/mol. The third kappa shape index (κ3) is 6.37. The Kier molecular flexibility index (Phi) is 7.56. The normalized spacial score (nSPS) is 27.9. The van der Waals surface area contributed by atoms with Crippen LogP contribution in [0.3, 0.4) is 0 Å². The molecule has 0 spiro atoms. The van der Waals surface area contributed by atoms with Gasteiger partial charge in [-0.3, -0.25) is 4.79 Å². The number of aliphatic carboxylic acids is 1. The van der Waals surface area contributed by atoms with Crippen LogP contribution in [0.2, 0.25) is 0 Å². The van der Waals surface area contributed by atoms with Gasteiger partial charge in [-0.25, -0.2) is 0 Å². The predicted molar refractivity (Wildman–Crippen MR) is 86.5 cm³/mol. The standard InChI is InChI=1S/C18H33NO2/c20-18(21)14-16-12-13-19(15-16)17-10-8-6-4-2-1-3-5-7-9-11-17/h16-17H,1-15H2,(H,20,21). The second kappa shape index (κ2) is 9.45. The maximum Gasteiger partial charge on any atom is 0.303 e. The lowest BCUT2D eigenvalue weighted by molar-refractivity contribution is -0.138. The molecular weight excluding hydrogens is 262 g/mol. The van der Waals surface area contributed by atoms with Crippen molar-refractivity contribution < 1.29 is 9.90 Å². The van der Waals surface area contributed by atoms with E-state index in [4.69, 9.17) is 5.11 Å². The van der Waals surface area contributed by atoms with Gasteiger partial charge in [-0.15, -0.1) is 0 Å². The van der Waals surface area contributed by atoms with E-state index in [1.54, 1.807) is 0 Å². The van der Waals surface area contributed by atoms with Crippen molar-refractivity contribution in [1.29, 1.82) is 0 Å². The molecule has 2 rings (SSSR count). The van der Waals surface area contributed by atoms with Gasteiger partial charge < -0.3 is 10.0 Å². The Morgan fingerprint density at radius 3 is 1.90 bits per heavy atom. The molecule has 0 aromatic carbocycles. The first-order valence-corrected chi connectivity index (χ1v) is 9.21. The largest absolute Gasteiger partial charge is 0.481 e. The Balaban J connectivity index is 1.78. The Bertz CT molecular complexity index is 294. The van der Waals surface area contributed by atoms with Crippen LogP contribution < -0.4 is 0 Å². The van der Waals surface area contributed by atoms with Gasteiger partial charge in [-0.2, -0.15) is 0 Å². The lowest BCUT2D eigenvalue weighted by Crippen LogP contribution is -2.33. The first kappa shape index (κ1) is 16.8. The van der Waals surface area contributed by atoms with E-state index >= 15 is 0 Å². The molecule has 0 radical (unpaired) electrons. The smallest absolute Gasteiger partial charge is 0.303 e. The Hall–Kier alpha value is -0.570. The van der Waals surface area contributed by atoms with Crippen LogP contribution in [0.15, 0.2) is 0 Å². The highest BCUT2D eigenvalue weighted by atomic mass is 16.4. The molecule has 1 saturated carbocycles. The Morgan fingerprint density at radius 2 is 1.38 bits per heavy atom. The molecule has 122 valence electrons. The van der Waals surface area contributed by atoms with Gasteiger partial charge in [-0.05, 0) is 31.7 Å². The van der Waals surface area contributed by atoms with Crippen molar-refractivity contribution in [2.75, 3.05) is 13.1 Å². The number of rotatable bonds is 3. The summed E-state index contributed by atoms with van der Waals surface area (Å²) in [6.07, 6.45) is 16.7. The van der Waals surface area contributed by atoms with Crippen molar-refractivity contribution in [3.05, 3.63) is 0 Å². The number of carboxylic acid groups (broad SMARTS) is 1. The van der Waals surface area contributed by atoms with Gasteiger partial charge in [-0.1, -0.05) is 57.8 Å². The van der Waals surface area contributed by atoms with Gasteiger partial charge in [0, 0.05) is 19.0 Å². The van der Waals surface area contributed by atoms with E-state index in [1.165, 1.54) is 70.6 Å². The average Bonchev–Trinajstić information content (AvgIpc) is 2.87. The molecule has 1 aliphatic carbocycles. The summed E-state index contributed by atoms with van der Waals surface area (Å²) in [6.45, 7) is 2.15. The van der Waals surface area contributed by atoms with Crippen LogP contribution in [-0.2, 0) is 4.79 Å². The van der Waals surface area contributed by atoms with Crippen LogP contribution >= 0.6 is 0 Å². The number of likely N-dealkylation sites (tertiary alicyclic amines) is 1. The van der Waals surface area contributed by atoms with E-state index in [0.29, 0.717) is 12.3 Å². The summed E-state index contributed by atoms with van der Waals surface area (Å²) in [5.41, 5.74) is 0. The number of hydrogen-bond donors (Lipinski definition) is 1. The Labute approximate surface area is 130 Å². The maximum absolute atomic E-state index is 10.9. The maximum atomic E-state index is 10.9. The highest BCUT2D eigenvalue weighted by molar-refractivity contribution is 5.67. The number of carboxylic acids is 1. The lowest BCUT2D eigenvalue weighted by atomic mass is 9.97. The third-order valence-corrected chi connectivity index (χ3v) is 5.37. The molecule has 0 bridgehead atoms. The fraction of sp³-hybridized carbons (Fsp3) is 0.944. The number of nitrogens with zero attached hydrogens (tertiary/aromatic N) is 1. The molecule has 0 aromatic heterocycles. The first-order valence-electron chi connectivity index (χ1n) is 9.21. The highest BCUT2D eigenvalue weighted by Crippen LogP contribution is 2.27. The molecule has 1 atom stereocenters. The monoisotopic (exact) mass is 295 g/mol. The predicted octanol–water partition coefficient (Wildman–Crippen LogP) is 4.46. The van der Waals surface area contributed by atoms with E-state index in [9.17, 15) is 4.79 Å². The summed E-state index contributed by atoms with van der Waals surface area (Å²) in [6, 6.07) is 0.725. The minimum atomic E-state index is -0.624. The summed E-state index contributed by atoms with van der Waals surface area (Å²) < 4.78 is 0. The first-order chi connectivity index (χ1) is 10.3. The summed E-state index contributed by atoms with van der Waals surface area (Å²) in [5.74, 6) is -0.232. The van der Waals surface area contributed by atoms with E-state index in [-0.39, 0.29) is 0 Å². The van der Waals surface area contributed by atoms with E-state index in [0.717, 1.165) is 25.6 Å². The molecule has 1 heterocycles. The van der Waals surface area contributed by atoms with Crippen LogP contribution in [0.1, 0.15) is 83.5 Å². The molecule has 2 fully saturated rings. The fourth-order valence-corrected chi connectivity index (χ4v) is 4.11. The number of hydrogen-bond acceptors (Lipinski definition) is 2. The van der Waals surface area contributed by atoms with E-state index < -0.39 is 5.97 Å². The minimum Gasteiger partial charge on any atom is -0.481 e. The van der Waals surface area contributed by atoms with Crippen molar-refractivity contribution in [3.8, 4) is 0 Å². The zero-order valence-corrected chi connectivity index (χ0v) is 13.6. The molecule has 1 unspecified atom stereocenters. The molecule has 0 amide bonds. The molecule has 1 aliphatic heterocycles. The lowest BCUT2D eigenvalue weighted by Gasteiger charge is -2.28. The third-order valence-electron chi connectivity index (χ3n) is 5.37. The van der Waals surface area contributed by atoms with Crippen molar-refractivity contribution >= 4 is 5.97 Å². The second-order valence-corrected chi connectivity index (χ2v) is 7.16. The second-order valence-electron chi connectivity index (χ2n) is 7.16. The van der Waals surface area contributed by atoms with Gasteiger partial charge in [0.25, 0.3) is 0 Å². The zero-order chi connectivity index (χ0) is 14.9. The van der Waals surface area contributed by atoms with Crippen molar-refractivity contribution in [1.82, 2.24) is 4.90 Å². The van der Waals surface area contributed by atoms with Crippen LogP contribution in [0.5, 0.6) is 0 Å². The SMILES string of the molecule is O=C(O)CC1CCN(C2CCCCCCCCCCC2)C1.